The number of anilines is 1. The van der Waals surface area contributed by atoms with Crippen molar-refractivity contribution < 1.29 is 14.0 Å². The van der Waals surface area contributed by atoms with Gasteiger partial charge in [-0.3, -0.25) is 14.5 Å². The molecule has 1 aliphatic carbocycles. The van der Waals surface area contributed by atoms with Crippen LogP contribution in [-0.4, -0.2) is 60.4 Å². The molecule has 2 saturated heterocycles. The first kappa shape index (κ1) is 16.5. The first-order valence-electron chi connectivity index (χ1n) is 9.12. The maximum Gasteiger partial charge on any atom is 0.228 e. The van der Waals surface area contributed by atoms with Gasteiger partial charge in [-0.25, -0.2) is 4.39 Å². The summed E-state index contributed by atoms with van der Waals surface area (Å²) < 4.78 is 14.2. The van der Waals surface area contributed by atoms with Gasteiger partial charge in [0, 0.05) is 45.2 Å². The summed E-state index contributed by atoms with van der Waals surface area (Å²) >= 11 is 0. The highest BCUT2D eigenvalue weighted by Crippen LogP contribution is 2.30. The van der Waals surface area contributed by atoms with E-state index in [1.54, 1.807) is 12.1 Å². The van der Waals surface area contributed by atoms with Crippen LogP contribution in [0.25, 0.3) is 0 Å². The molecule has 3 fully saturated rings. The van der Waals surface area contributed by atoms with Crippen LogP contribution in [-0.2, 0) is 9.59 Å². The molecular formula is C19H24FN3O2. The van der Waals surface area contributed by atoms with Crippen molar-refractivity contribution in [3.63, 3.8) is 0 Å². The van der Waals surface area contributed by atoms with Crippen molar-refractivity contribution >= 4 is 17.5 Å². The van der Waals surface area contributed by atoms with Crippen LogP contribution in [0.3, 0.4) is 0 Å². The Bertz CT molecular complexity index is 696. The van der Waals surface area contributed by atoms with Gasteiger partial charge in [-0.15, -0.1) is 0 Å². The molecule has 1 aromatic carbocycles. The van der Waals surface area contributed by atoms with Crippen LogP contribution in [0.15, 0.2) is 18.2 Å². The van der Waals surface area contributed by atoms with E-state index in [1.165, 1.54) is 23.8 Å². The number of rotatable bonds is 3. The Morgan fingerprint density at radius 3 is 2.52 bits per heavy atom. The van der Waals surface area contributed by atoms with Crippen LogP contribution in [0.2, 0.25) is 0 Å². The van der Waals surface area contributed by atoms with E-state index in [2.05, 4.69) is 4.90 Å². The average Bonchev–Trinajstić information content (AvgIpc) is 3.38. The van der Waals surface area contributed by atoms with E-state index in [0.717, 1.165) is 37.8 Å². The summed E-state index contributed by atoms with van der Waals surface area (Å²) in [6, 6.07) is 5.57. The molecule has 25 heavy (non-hydrogen) atoms. The third-order valence-electron chi connectivity index (χ3n) is 5.56. The third kappa shape index (κ3) is 3.27. The quantitative estimate of drug-likeness (QED) is 0.839. The lowest BCUT2D eigenvalue weighted by atomic mass is 10.1. The van der Waals surface area contributed by atoms with E-state index in [9.17, 15) is 14.0 Å². The summed E-state index contributed by atoms with van der Waals surface area (Å²) in [7, 11) is 0. The number of carbonyl (C=O) groups is 2. The van der Waals surface area contributed by atoms with E-state index < -0.39 is 5.82 Å². The lowest BCUT2D eigenvalue weighted by Gasteiger charge is -2.36. The predicted octanol–water partition coefficient (Wildman–Crippen LogP) is 1.79. The monoisotopic (exact) mass is 345 g/mol. The van der Waals surface area contributed by atoms with Crippen molar-refractivity contribution in [2.45, 2.75) is 32.2 Å². The molecule has 0 N–H and O–H groups in total. The summed E-state index contributed by atoms with van der Waals surface area (Å²) in [6.07, 6.45) is 2.74. The summed E-state index contributed by atoms with van der Waals surface area (Å²) in [5.74, 6) is -0.892. The van der Waals surface area contributed by atoms with E-state index in [0.29, 0.717) is 0 Å². The zero-order chi connectivity index (χ0) is 17.6. The zero-order valence-electron chi connectivity index (χ0n) is 14.6. The minimum absolute atomic E-state index is 0.0406. The van der Waals surface area contributed by atoms with E-state index in [-0.39, 0.29) is 36.4 Å². The molecule has 0 spiro atoms. The SMILES string of the molecule is Cc1ccc(N2CC(C(=O)N3CCN(C4CC4)CC3)CC2=O)c(F)c1. The van der Waals surface area contributed by atoms with Crippen LogP contribution < -0.4 is 4.90 Å². The Morgan fingerprint density at radius 1 is 1.16 bits per heavy atom. The van der Waals surface area contributed by atoms with Gasteiger partial charge >= 0.3 is 0 Å². The van der Waals surface area contributed by atoms with Crippen molar-refractivity contribution in [3.8, 4) is 0 Å². The summed E-state index contributed by atoms with van der Waals surface area (Å²) in [5.41, 5.74) is 1.10. The number of amides is 2. The molecule has 2 heterocycles. The number of nitrogens with zero attached hydrogens (tertiary/aromatic N) is 3. The minimum Gasteiger partial charge on any atom is -0.340 e. The van der Waals surface area contributed by atoms with Crippen LogP contribution in [0, 0.1) is 18.7 Å². The molecule has 0 radical (unpaired) electrons. The Hall–Kier alpha value is -1.95. The van der Waals surface area contributed by atoms with Crippen molar-refractivity contribution in [2.24, 2.45) is 5.92 Å². The van der Waals surface area contributed by atoms with Crippen molar-refractivity contribution in [2.75, 3.05) is 37.6 Å². The van der Waals surface area contributed by atoms with Gasteiger partial charge < -0.3 is 9.80 Å². The number of aryl methyl sites for hydroxylation is 1. The molecule has 1 atom stereocenters. The maximum absolute atomic E-state index is 14.2. The maximum atomic E-state index is 14.2. The summed E-state index contributed by atoms with van der Waals surface area (Å²) in [4.78, 5) is 30.9. The number of halogens is 1. The topological polar surface area (TPSA) is 43.9 Å². The second-order valence-electron chi connectivity index (χ2n) is 7.45. The van der Waals surface area contributed by atoms with Gasteiger partial charge in [0.15, 0.2) is 0 Å². The normalized spacial score (nSPS) is 24.9. The minimum atomic E-state index is -0.403. The molecule has 0 aromatic heterocycles. The van der Waals surface area contributed by atoms with Gasteiger partial charge in [0.2, 0.25) is 11.8 Å². The van der Waals surface area contributed by atoms with Crippen molar-refractivity contribution in [3.05, 3.63) is 29.6 Å². The van der Waals surface area contributed by atoms with Crippen molar-refractivity contribution in [1.82, 2.24) is 9.80 Å². The molecule has 4 rings (SSSR count). The van der Waals surface area contributed by atoms with E-state index >= 15 is 0 Å². The first-order valence-corrected chi connectivity index (χ1v) is 9.12. The van der Waals surface area contributed by atoms with Crippen LogP contribution in [0.1, 0.15) is 24.8 Å². The number of hydrogen-bond acceptors (Lipinski definition) is 3. The molecular weight excluding hydrogens is 321 g/mol. The molecule has 6 heteroatoms. The third-order valence-corrected chi connectivity index (χ3v) is 5.56. The van der Waals surface area contributed by atoms with Crippen molar-refractivity contribution in [1.29, 1.82) is 0 Å². The summed E-state index contributed by atoms with van der Waals surface area (Å²) in [5, 5.41) is 0. The van der Waals surface area contributed by atoms with Crippen LogP contribution in [0.4, 0.5) is 10.1 Å². The number of carbonyl (C=O) groups excluding carboxylic acids is 2. The Morgan fingerprint density at radius 2 is 1.88 bits per heavy atom. The highest BCUT2D eigenvalue weighted by molar-refractivity contribution is 6.00. The van der Waals surface area contributed by atoms with Gasteiger partial charge in [-0.05, 0) is 37.5 Å². The molecule has 134 valence electrons. The highest BCUT2D eigenvalue weighted by Gasteiger charge is 2.39. The molecule has 0 bridgehead atoms. The predicted molar refractivity (Wildman–Crippen MR) is 92.8 cm³/mol. The fourth-order valence-electron chi connectivity index (χ4n) is 3.94. The molecule has 5 nitrogen and oxygen atoms in total. The molecule has 1 aromatic rings. The fourth-order valence-corrected chi connectivity index (χ4v) is 3.94. The molecule has 3 aliphatic rings. The lowest BCUT2D eigenvalue weighted by Crippen LogP contribution is -2.51. The Kier molecular flexibility index (Phi) is 4.23. The highest BCUT2D eigenvalue weighted by atomic mass is 19.1. The number of piperazine rings is 1. The second kappa shape index (κ2) is 6.41. The Balaban J connectivity index is 1.40. The molecule has 2 aliphatic heterocycles. The second-order valence-corrected chi connectivity index (χ2v) is 7.45. The van der Waals surface area contributed by atoms with Gasteiger partial charge in [0.05, 0.1) is 11.6 Å². The largest absolute Gasteiger partial charge is 0.340 e. The van der Waals surface area contributed by atoms with Crippen LogP contribution >= 0.6 is 0 Å². The van der Waals surface area contributed by atoms with Gasteiger partial charge in [0.1, 0.15) is 5.82 Å². The molecule has 2 amide bonds. The average molecular weight is 345 g/mol. The van der Waals surface area contributed by atoms with Crippen LogP contribution in [0.5, 0.6) is 0 Å². The van der Waals surface area contributed by atoms with Gasteiger partial charge in [0.25, 0.3) is 0 Å². The Labute approximate surface area is 147 Å². The standard InChI is InChI=1S/C19H24FN3O2/c1-13-2-5-17(16(20)10-13)23-12-14(11-18(23)24)19(25)22-8-6-21(7-9-22)15-3-4-15/h2,5,10,14-15H,3-4,6-9,11-12H2,1H3. The zero-order valence-corrected chi connectivity index (χ0v) is 14.6. The van der Waals surface area contributed by atoms with Gasteiger partial charge in [-0.1, -0.05) is 6.07 Å². The fraction of sp³-hybridized carbons (Fsp3) is 0.579. The number of benzene rings is 1. The smallest absolute Gasteiger partial charge is 0.228 e. The number of hydrogen-bond donors (Lipinski definition) is 0. The van der Waals surface area contributed by atoms with Gasteiger partial charge in [-0.2, -0.15) is 0 Å². The first-order chi connectivity index (χ1) is 12.0. The summed E-state index contributed by atoms with van der Waals surface area (Å²) in [6.45, 7) is 5.41. The van der Waals surface area contributed by atoms with E-state index in [4.69, 9.17) is 0 Å². The lowest BCUT2D eigenvalue weighted by molar-refractivity contribution is -0.137. The molecule has 1 saturated carbocycles. The van der Waals surface area contributed by atoms with E-state index in [1.807, 2.05) is 11.8 Å². The molecule has 1 unspecified atom stereocenters.